The van der Waals surface area contributed by atoms with Gasteiger partial charge in [-0.05, 0) is 35.4 Å². The Kier molecular flexibility index (Phi) is 8.01. The minimum Gasteiger partial charge on any atom is -0.456 e. The highest BCUT2D eigenvalue weighted by Crippen LogP contribution is 2.27. The van der Waals surface area contributed by atoms with E-state index in [4.69, 9.17) is 4.74 Å². The number of nitrogens with one attached hydrogen (secondary N) is 1. The fourth-order valence-electron chi connectivity index (χ4n) is 3.20. The topological polar surface area (TPSA) is 55.4 Å². The second-order valence-electron chi connectivity index (χ2n) is 6.75. The van der Waals surface area contributed by atoms with Crippen LogP contribution in [-0.4, -0.2) is 25.0 Å². The second-order valence-corrected chi connectivity index (χ2v) is 7.78. The predicted molar refractivity (Wildman–Crippen MR) is 116 cm³/mol. The first-order chi connectivity index (χ1) is 14.2. The van der Waals surface area contributed by atoms with E-state index in [1.807, 2.05) is 53.9 Å². The number of benzene rings is 2. The van der Waals surface area contributed by atoms with E-state index in [1.54, 1.807) is 11.3 Å². The molecule has 0 fully saturated rings. The van der Waals surface area contributed by atoms with Crippen molar-refractivity contribution in [2.45, 2.75) is 25.2 Å². The van der Waals surface area contributed by atoms with Crippen molar-refractivity contribution in [1.29, 1.82) is 0 Å². The number of hydrogen-bond acceptors (Lipinski definition) is 4. The number of esters is 1. The smallest absolute Gasteiger partial charge is 0.306 e. The van der Waals surface area contributed by atoms with Crippen LogP contribution in [0.5, 0.6) is 0 Å². The largest absolute Gasteiger partial charge is 0.456 e. The molecule has 3 rings (SSSR count). The summed E-state index contributed by atoms with van der Waals surface area (Å²) in [5, 5.41) is 4.84. The maximum atomic E-state index is 12.0. The van der Waals surface area contributed by atoms with Gasteiger partial charge in [-0.3, -0.25) is 9.59 Å². The Morgan fingerprint density at radius 2 is 1.55 bits per heavy atom. The minimum absolute atomic E-state index is 0.200. The van der Waals surface area contributed by atoms with Gasteiger partial charge in [-0.25, -0.2) is 0 Å². The first-order valence-electron chi connectivity index (χ1n) is 9.77. The molecule has 1 aromatic heterocycles. The second kappa shape index (κ2) is 11.2. The molecule has 0 radical (unpaired) electrons. The van der Waals surface area contributed by atoms with Crippen molar-refractivity contribution in [2.24, 2.45) is 0 Å². The number of ether oxygens (including phenoxy) is 1. The number of amides is 1. The Balaban J connectivity index is 1.43. The van der Waals surface area contributed by atoms with Crippen LogP contribution in [0.15, 0.2) is 78.2 Å². The Labute approximate surface area is 175 Å². The number of aryl methyl sites for hydroxylation is 1. The van der Waals surface area contributed by atoms with Crippen LogP contribution in [0.1, 0.15) is 34.8 Å². The summed E-state index contributed by atoms with van der Waals surface area (Å²) in [6, 6.07) is 24.5. The number of hydrogen-bond donors (Lipinski definition) is 1. The summed E-state index contributed by atoms with van der Waals surface area (Å²) in [6.45, 7) is 0.282. The molecular weight excluding hydrogens is 382 g/mol. The quantitative estimate of drug-likeness (QED) is 0.501. The number of rotatable bonds is 10. The van der Waals surface area contributed by atoms with E-state index in [-0.39, 0.29) is 30.8 Å². The van der Waals surface area contributed by atoms with Gasteiger partial charge in [0.2, 0.25) is 0 Å². The van der Waals surface area contributed by atoms with Crippen molar-refractivity contribution < 1.29 is 14.3 Å². The van der Waals surface area contributed by atoms with Crippen molar-refractivity contribution >= 4 is 23.2 Å². The monoisotopic (exact) mass is 407 g/mol. The molecule has 0 atom stereocenters. The van der Waals surface area contributed by atoms with Gasteiger partial charge in [0.15, 0.2) is 6.61 Å². The van der Waals surface area contributed by atoms with Crippen LogP contribution in [0, 0.1) is 0 Å². The first-order valence-corrected chi connectivity index (χ1v) is 10.6. The average Bonchev–Trinajstić information content (AvgIpc) is 3.29. The molecular formula is C24H25NO3S. The third-order valence-electron chi connectivity index (χ3n) is 4.68. The fraction of sp³-hybridized carbons (Fsp3) is 0.250. The third kappa shape index (κ3) is 6.88. The van der Waals surface area contributed by atoms with E-state index >= 15 is 0 Å². The van der Waals surface area contributed by atoms with Crippen molar-refractivity contribution in [3.63, 3.8) is 0 Å². The highest BCUT2D eigenvalue weighted by Gasteiger charge is 2.14. The molecule has 0 aliphatic rings. The molecule has 1 N–H and O–H groups in total. The molecule has 150 valence electrons. The zero-order valence-electron chi connectivity index (χ0n) is 16.3. The lowest BCUT2D eigenvalue weighted by atomic mass is 9.88. The maximum absolute atomic E-state index is 12.0. The minimum atomic E-state index is -0.347. The molecule has 1 heterocycles. The molecule has 1 amide bonds. The highest BCUT2D eigenvalue weighted by molar-refractivity contribution is 7.09. The molecule has 3 aromatic rings. The van der Waals surface area contributed by atoms with Gasteiger partial charge < -0.3 is 10.1 Å². The molecule has 2 aromatic carbocycles. The van der Waals surface area contributed by atoms with Crippen LogP contribution in [0.2, 0.25) is 0 Å². The van der Waals surface area contributed by atoms with Gasteiger partial charge in [-0.15, -0.1) is 11.3 Å². The van der Waals surface area contributed by atoms with Crippen LogP contribution in [0.4, 0.5) is 0 Å². The van der Waals surface area contributed by atoms with Crippen molar-refractivity contribution in [1.82, 2.24) is 5.32 Å². The van der Waals surface area contributed by atoms with E-state index in [2.05, 4.69) is 29.6 Å². The first kappa shape index (κ1) is 20.8. The zero-order chi connectivity index (χ0) is 20.3. The lowest BCUT2D eigenvalue weighted by molar-refractivity contribution is -0.148. The molecule has 0 spiro atoms. The van der Waals surface area contributed by atoms with E-state index < -0.39 is 0 Å². The summed E-state index contributed by atoms with van der Waals surface area (Å²) >= 11 is 1.61. The summed E-state index contributed by atoms with van der Waals surface area (Å²) < 4.78 is 5.08. The fourth-order valence-corrected chi connectivity index (χ4v) is 3.91. The van der Waals surface area contributed by atoms with Crippen molar-refractivity contribution in [3.8, 4) is 0 Å². The van der Waals surface area contributed by atoms with Gasteiger partial charge in [0.1, 0.15) is 0 Å². The van der Waals surface area contributed by atoms with Crippen LogP contribution in [0.3, 0.4) is 0 Å². The Hall–Kier alpha value is -2.92. The van der Waals surface area contributed by atoms with Gasteiger partial charge in [0.05, 0.1) is 6.42 Å². The van der Waals surface area contributed by atoms with E-state index in [1.165, 1.54) is 11.1 Å². The molecule has 0 saturated carbocycles. The molecule has 0 unspecified atom stereocenters. The Morgan fingerprint density at radius 3 is 2.14 bits per heavy atom. The van der Waals surface area contributed by atoms with Gasteiger partial charge in [0, 0.05) is 17.3 Å². The summed E-state index contributed by atoms with van der Waals surface area (Å²) in [5.41, 5.74) is 2.43. The van der Waals surface area contributed by atoms with E-state index in [0.29, 0.717) is 13.0 Å². The summed E-state index contributed by atoms with van der Waals surface area (Å²) in [7, 11) is 0. The summed E-state index contributed by atoms with van der Waals surface area (Å²) in [4.78, 5) is 25.0. The number of thiophene rings is 1. The van der Waals surface area contributed by atoms with Gasteiger partial charge in [-0.2, -0.15) is 0 Å². The SMILES string of the molecule is O=C(COC(=O)CCc1cccs1)NCCC(c1ccccc1)c1ccccc1. The molecule has 0 aliphatic heterocycles. The van der Waals surface area contributed by atoms with Crippen molar-refractivity contribution in [3.05, 3.63) is 94.2 Å². The Morgan fingerprint density at radius 1 is 0.897 bits per heavy atom. The highest BCUT2D eigenvalue weighted by atomic mass is 32.1. The summed E-state index contributed by atoms with van der Waals surface area (Å²) in [5.74, 6) is -0.416. The Bertz CT molecular complexity index is 840. The standard InChI is InChI=1S/C24H25NO3S/c26-23(18-28-24(27)14-13-21-12-7-17-29-21)25-16-15-22(19-8-3-1-4-9-19)20-10-5-2-6-11-20/h1-12,17,22H,13-16,18H2,(H,25,26). The van der Waals surface area contributed by atoms with E-state index in [0.717, 1.165) is 11.3 Å². The average molecular weight is 408 g/mol. The summed E-state index contributed by atoms with van der Waals surface area (Å²) in [6.07, 6.45) is 1.71. The lowest BCUT2D eigenvalue weighted by Gasteiger charge is -2.18. The van der Waals surface area contributed by atoms with Gasteiger partial charge in [-0.1, -0.05) is 66.7 Å². The van der Waals surface area contributed by atoms with E-state index in [9.17, 15) is 9.59 Å². The maximum Gasteiger partial charge on any atom is 0.306 e. The normalized spacial score (nSPS) is 10.7. The lowest BCUT2D eigenvalue weighted by Crippen LogP contribution is -2.30. The molecule has 5 heteroatoms. The zero-order valence-corrected chi connectivity index (χ0v) is 17.1. The predicted octanol–water partition coefficient (Wildman–Crippen LogP) is 4.56. The van der Waals surface area contributed by atoms with Crippen LogP contribution in [0.25, 0.3) is 0 Å². The molecule has 0 bridgehead atoms. The van der Waals surface area contributed by atoms with Crippen molar-refractivity contribution in [2.75, 3.05) is 13.2 Å². The molecule has 0 saturated heterocycles. The van der Waals surface area contributed by atoms with Crippen LogP contribution in [-0.2, 0) is 20.7 Å². The third-order valence-corrected chi connectivity index (χ3v) is 5.62. The van der Waals surface area contributed by atoms with Gasteiger partial charge >= 0.3 is 5.97 Å². The molecule has 29 heavy (non-hydrogen) atoms. The molecule has 0 aliphatic carbocycles. The van der Waals surface area contributed by atoms with Crippen LogP contribution < -0.4 is 5.32 Å². The van der Waals surface area contributed by atoms with Gasteiger partial charge in [0.25, 0.3) is 5.91 Å². The molecule has 4 nitrogen and oxygen atoms in total. The number of carbonyl (C=O) groups excluding carboxylic acids is 2. The number of carbonyl (C=O) groups is 2. The van der Waals surface area contributed by atoms with Crippen LogP contribution >= 0.6 is 11.3 Å².